The number of anilines is 1. The molecular weight excluding hydrogens is 560 g/mol. The van der Waals surface area contributed by atoms with Gasteiger partial charge in [0.25, 0.3) is 0 Å². The number of para-hydroxylation sites is 1. The number of guanidine groups is 1. The molecular formula is C33H40N6O3S. The van der Waals surface area contributed by atoms with Crippen molar-refractivity contribution in [2.75, 3.05) is 5.32 Å². The van der Waals surface area contributed by atoms with E-state index in [0.29, 0.717) is 25.3 Å². The summed E-state index contributed by atoms with van der Waals surface area (Å²) < 4.78 is 0. The highest BCUT2D eigenvalue weighted by Gasteiger charge is 2.60. The highest BCUT2D eigenvalue weighted by molar-refractivity contribution is 7.99. The van der Waals surface area contributed by atoms with Crippen molar-refractivity contribution in [1.82, 2.24) is 20.9 Å². The maximum atomic E-state index is 13.1. The van der Waals surface area contributed by atoms with Gasteiger partial charge in [-0.05, 0) is 69.9 Å². The minimum absolute atomic E-state index is 0.00604. The topological polar surface area (TPSA) is 121 Å². The van der Waals surface area contributed by atoms with Gasteiger partial charge >= 0.3 is 0 Å². The number of likely N-dealkylation sites (tertiary alicyclic amines) is 1. The Morgan fingerprint density at radius 3 is 2.14 bits per heavy atom. The number of amides is 1. The third kappa shape index (κ3) is 5.65. The third-order valence-corrected chi connectivity index (χ3v) is 9.91. The number of fused-ring (bicyclic) bond motifs is 1. The van der Waals surface area contributed by atoms with Gasteiger partial charge in [-0.2, -0.15) is 0 Å². The van der Waals surface area contributed by atoms with E-state index in [0.717, 1.165) is 32.2 Å². The number of hydrogen-bond acceptors (Lipinski definition) is 7. The SMILES string of the molecule is CC1(C)CC2(CC(C)(C)N1C1NC(=NCc3ccccc3Sc3ccccc3CO)Nc3ccccc31)NC(O)NC2=O. The van der Waals surface area contributed by atoms with Gasteiger partial charge in [-0.25, -0.2) is 4.99 Å². The number of nitrogens with one attached hydrogen (secondary N) is 4. The molecule has 10 heteroatoms. The number of benzene rings is 3. The maximum Gasteiger partial charge on any atom is 0.243 e. The first-order valence-electron chi connectivity index (χ1n) is 14.7. The van der Waals surface area contributed by atoms with Crippen molar-refractivity contribution in [2.24, 2.45) is 4.99 Å². The molecule has 2 atom stereocenters. The van der Waals surface area contributed by atoms with E-state index in [1.54, 1.807) is 11.8 Å². The number of aliphatic hydroxyl groups excluding tert-OH is 2. The molecule has 0 saturated carbocycles. The van der Waals surface area contributed by atoms with E-state index in [-0.39, 0.29) is 18.7 Å². The zero-order valence-corrected chi connectivity index (χ0v) is 25.8. The molecule has 6 N–H and O–H groups in total. The molecule has 9 nitrogen and oxygen atoms in total. The zero-order chi connectivity index (χ0) is 30.4. The molecule has 3 heterocycles. The van der Waals surface area contributed by atoms with Gasteiger partial charge in [-0.15, -0.1) is 0 Å². The Morgan fingerprint density at radius 1 is 0.884 bits per heavy atom. The number of carbonyl (C=O) groups is 1. The fourth-order valence-electron chi connectivity index (χ4n) is 7.38. The van der Waals surface area contributed by atoms with Crippen molar-refractivity contribution in [1.29, 1.82) is 0 Å². The van der Waals surface area contributed by atoms with Crippen LogP contribution in [0, 0.1) is 0 Å². The largest absolute Gasteiger partial charge is 0.392 e. The second-order valence-electron chi connectivity index (χ2n) is 12.9. The van der Waals surface area contributed by atoms with Crippen LogP contribution in [0.2, 0.25) is 0 Å². The highest BCUT2D eigenvalue weighted by Crippen LogP contribution is 2.49. The molecule has 3 aromatic rings. The summed E-state index contributed by atoms with van der Waals surface area (Å²) in [4.78, 5) is 22.7. The van der Waals surface area contributed by atoms with Crippen molar-refractivity contribution in [3.8, 4) is 0 Å². The van der Waals surface area contributed by atoms with Crippen molar-refractivity contribution in [2.45, 2.75) is 92.6 Å². The van der Waals surface area contributed by atoms with Crippen LogP contribution >= 0.6 is 11.8 Å². The fraction of sp³-hybridized carbons (Fsp3) is 0.394. The average Bonchev–Trinajstić information content (AvgIpc) is 3.21. The number of aliphatic hydroxyl groups is 2. The van der Waals surface area contributed by atoms with Crippen molar-refractivity contribution in [3.63, 3.8) is 0 Å². The Labute approximate surface area is 257 Å². The summed E-state index contributed by atoms with van der Waals surface area (Å²) >= 11 is 1.64. The standard InChI is InChI=1S/C33H40N6O3S/c1-31(2)19-33(28(41)37-30(42)38-33)20-32(3,4)39(31)27-23-13-7-8-14-24(23)35-29(36-27)34-17-21-11-5-9-15-25(21)43-26-16-10-6-12-22(26)18-40/h5-16,27,30,38,40,42H,17-20H2,1-4H3,(H,37,41)(H2,34,35,36). The molecule has 6 rings (SSSR count). The molecule has 0 radical (unpaired) electrons. The van der Waals surface area contributed by atoms with E-state index in [9.17, 15) is 15.0 Å². The van der Waals surface area contributed by atoms with Crippen molar-refractivity contribution in [3.05, 3.63) is 89.5 Å². The summed E-state index contributed by atoms with van der Waals surface area (Å²) in [6, 6.07) is 24.4. The van der Waals surface area contributed by atoms with Crippen LogP contribution in [-0.2, 0) is 17.9 Å². The lowest BCUT2D eigenvalue weighted by atomic mass is 9.68. The summed E-state index contributed by atoms with van der Waals surface area (Å²) in [5.41, 5.74) is 2.39. The Balaban J connectivity index is 1.30. The second kappa shape index (κ2) is 11.3. The molecule has 2 fully saturated rings. The van der Waals surface area contributed by atoms with E-state index in [1.807, 2.05) is 48.5 Å². The monoisotopic (exact) mass is 600 g/mol. The van der Waals surface area contributed by atoms with Gasteiger partial charge in [0.05, 0.1) is 13.2 Å². The zero-order valence-electron chi connectivity index (χ0n) is 25.0. The molecule has 2 unspecified atom stereocenters. The maximum absolute atomic E-state index is 13.1. The smallest absolute Gasteiger partial charge is 0.243 e. The van der Waals surface area contributed by atoms with Crippen LogP contribution < -0.4 is 21.3 Å². The van der Waals surface area contributed by atoms with Gasteiger partial charge in [-0.3, -0.25) is 15.0 Å². The highest BCUT2D eigenvalue weighted by atomic mass is 32.2. The number of rotatable bonds is 6. The molecule has 0 aliphatic carbocycles. The third-order valence-electron chi connectivity index (χ3n) is 8.67. The summed E-state index contributed by atoms with van der Waals surface area (Å²) in [6.45, 7) is 9.11. The lowest BCUT2D eigenvalue weighted by Crippen LogP contribution is -2.72. The van der Waals surface area contributed by atoms with Gasteiger partial charge in [-0.1, -0.05) is 66.4 Å². The molecule has 0 bridgehead atoms. The fourth-order valence-corrected chi connectivity index (χ4v) is 8.43. The number of hydrogen-bond donors (Lipinski definition) is 6. The summed E-state index contributed by atoms with van der Waals surface area (Å²) in [5.74, 6) is 0.526. The molecule has 0 aromatic heterocycles. The second-order valence-corrected chi connectivity index (χ2v) is 13.9. The van der Waals surface area contributed by atoms with Gasteiger partial charge < -0.3 is 26.2 Å². The Kier molecular flexibility index (Phi) is 7.76. The van der Waals surface area contributed by atoms with Crippen LogP contribution in [0.5, 0.6) is 0 Å². The Morgan fingerprint density at radius 2 is 1.49 bits per heavy atom. The van der Waals surface area contributed by atoms with Crippen LogP contribution in [0.25, 0.3) is 0 Å². The van der Waals surface area contributed by atoms with Crippen LogP contribution in [0.3, 0.4) is 0 Å². The predicted molar refractivity (Wildman–Crippen MR) is 169 cm³/mol. The van der Waals surface area contributed by atoms with Crippen molar-refractivity contribution < 1.29 is 15.0 Å². The summed E-state index contributed by atoms with van der Waals surface area (Å²) in [7, 11) is 0. The number of aliphatic imine (C=N–C) groups is 1. The lowest BCUT2D eigenvalue weighted by molar-refractivity contribution is -0.139. The number of carbonyl (C=O) groups excluding carboxylic acids is 1. The van der Waals surface area contributed by atoms with Gasteiger partial charge in [0, 0.05) is 32.1 Å². The first kappa shape index (κ1) is 29.7. The molecule has 226 valence electrons. The first-order chi connectivity index (χ1) is 20.5. The normalized spacial score (nSPS) is 24.7. The van der Waals surface area contributed by atoms with Crippen LogP contribution in [-0.4, -0.2) is 49.9 Å². The molecule has 1 amide bonds. The van der Waals surface area contributed by atoms with E-state index in [4.69, 9.17) is 4.99 Å². The van der Waals surface area contributed by atoms with Gasteiger partial charge in [0.1, 0.15) is 11.7 Å². The minimum atomic E-state index is -1.04. The summed E-state index contributed by atoms with van der Waals surface area (Å²) in [5, 5.41) is 33.0. The van der Waals surface area contributed by atoms with Gasteiger partial charge in [0.2, 0.25) is 5.91 Å². The molecule has 43 heavy (non-hydrogen) atoms. The average molecular weight is 601 g/mol. The number of nitrogens with zero attached hydrogens (tertiary/aromatic N) is 2. The quantitative estimate of drug-likeness (QED) is 0.248. The van der Waals surface area contributed by atoms with Crippen molar-refractivity contribution >= 4 is 29.3 Å². The summed E-state index contributed by atoms with van der Waals surface area (Å²) in [6.07, 6.45) is -0.173. The van der Waals surface area contributed by atoms with E-state index in [2.05, 4.69) is 78.1 Å². The lowest BCUT2D eigenvalue weighted by Gasteiger charge is -2.60. The van der Waals surface area contributed by atoms with Crippen LogP contribution in [0.4, 0.5) is 5.69 Å². The Hall–Kier alpha value is -3.41. The van der Waals surface area contributed by atoms with Gasteiger partial charge in [0.15, 0.2) is 12.3 Å². The molecule has 3 aromatic carbocycles. The van der Waals surface area contributed by atoms with E-state index < -0.39 is 23.0 Å². The molecule has 2 saturated heterocycles. The Bertz CT molecular complexity index is 1540. The van der Waals surface area contributed by atoms with E-state index in [1.165, 1.54) is 0 Å². The molecule has 3 aliphatic heterocycles. The first-order valence-corrected chi connectivity index (χ1v) is 15.5. The molecule has 1 spiro atoms. The van der Waals surface area contributed by atoms with E-state index >= 15 is 0 Å². The van der Waals surface area contributed by atoms with Crippen LogP contribution in [0.1, 0.15) is 63.4 Å². The van der Waals surface area contributed by atoms with Crippen LogP contribution in [0.15, 0.2) is 87.6 Å². The number of piperidine rings is 1. The minimum Gasteiger partial charge on any atom is -0.392 e. The molecule has 3 aliphatic rings. The predicted octanol–water partition coefficient (Wildman–Crippen LogP) is 4.29.